The quantitative estimate of drug-likeness (QED) is 0.616. The minimum absolute atomic E-state index is 0.00461. The molecule has 5 heteroatoms. The van der Waals surface area contributed by atoms with Crippen LogP contribution in [0.25, 0.3) is 0 Å². The van der Waals surface area contributed by atoms with Gasteiger partial charge in [0.1, 0.15) is 0 Å². The molecule has 2 aromatic heterocycles. The molecule has 2 atom stereocenters. The summed E-state index contributed by atoms with van der Waals surface area (Å²) in [5.74, 6) is 0. The molecule has 0 spiro atoms. The van der Waals surface area contributed by atoms with E-state index in [1.54, 1.807) is 0 Å². The molecule has 4 nitrogen and oxygen atoms in total. The molecule has 0 saturated carbocycles. The summed E-state index contributed by atoms with van der Waals surface area (Å²) in [5, 5.41) is 4.28. The average molecular weight is 391 g/mol. The molecule has 0 bridgehead atoms. The van der Waals surface area contributed by atoms with Crippen LogP contribution in [0, 0.1) is 13.8 Å². The SMILES string of the molecule is Cc1cc([C@@H]2[C@H](c3ccccn3)NC(=S)N2c2ccccc2)c(C)n1C(C)C. The lowest BCUT2D eigenvalue weighted by molar-refractivity contribution is 0.547. The summed E-state index contributed by atoms with van der Waals surface area (Å²) < 4.78 is 2.40. The van der Waals surface area contributed by atoms with Gasteiger partial charge in [-0.3, -0.25) is 4.98 Å². The summed E-state index contributed by atoms with van der Waals surface area (Å²) >= 11 is 5.79. The molecule has 28 heavy (non-hydrogen) atoms. The van der Waals surface area contributed by atoms with Crippen molar-refractivity contribution in [1.29, 1.82) is 0 Å². The predicted molar refractivity (Wildman–Crippen MR) is 119 cm³/mol. The zero-order valence-corrected chi connectivity index (χ0v) is 17.6. The summed E-state index contributed by atoms with van der Waals surface area (Å²) in [5.41, 5.74) is 5.94. The van der Waals surface area contributed by atoms with E-state index in [0.717, 1.165) is 16.5 Å². The first-order chi connectivity index (χ1) is 13.5. The predicted octanol–water partition coefficient (Wildman–Crippen LogP) is 5.26. The van der Waals surface area contributed by atoms with Crippen LogP contribution >= 0.6 is 12.2 Å². The van der Waals surface area contributed by atoms with Crippen molar-refractivity contribution >= 4 is 23.0 Å². The summed E-state index contributed by atoms with van der Waals surface area (Å²) in [6.45, 7) is 8.85. The minimum atomic E-state index is -0.00461. The van der Waals surface area contributed by atoms with Crippen molar-refractivity contribution < 1.29 is 0 Å². The van der Waals surface area contributed by atoms with Gasteiger partial charge in [0.25, 0.3) is 0 Å². The van der Waals surface area contributed by atoms with Crippen molar-refractivity contribution in [3.8, 4) is 0 Å². The highest BCUT2D eigenvalue weighted by Gasteiger charge is 2.42. The van der Waals surface area contributed by atoms with E-state index in [-0.39, 0.29) is 12.1 Å². The molecule has 3 aromatic rings. The second kappa shape index (κ2) is 7.40. The van der Waals surface area contributed by atoms with Crippen molar-refractivity contribution in [2.45, 2.75) is 45.8 Å². The van der Waals surface area contributed by atoms with Crippen LogP contribution in [0.4, 0.5) is 5.69 Å². The second-order valence-electron chi connectivity index (χ2n) is 7.62. The number of nitrogens with zero attached hydrogens (tertiary/aromatic N) is 3. The van der Waals surface area contributed by atoms with Gasteiger partial charge in [0.15, 0.2) is 5.11 Å². The zero-order valence-electron chi connectivity index (χ0n) is 16.8. The van der Waals surface area contributed by atoms with Gasteiger partial charge in [-0.1, -0.05) is 24.3 Å². The Hall–Kier alpha value is -2.66. The number of rotatable bonds is 4. The first kappa shape index (κ1) is 18.7. The number of hydrogen-bond donors (Lipinski definition) is 1. The van der Waals surface area contributed by atoms with Gasteiger partial charge in [-0.05, 0) is 75.8 Å². The Balaban J connectivity index is 1.89. The minimum Gasteiger partial charge on any atom is -0.351 e. The van der Waals surface area contributed by atoms with E-state index in [9.17, 15) is 0 Å². The highest BCUT2D eigenvalue weighted by molar-refractivity contribution is 7.80. The molecule has 144 valence electrons. The third kappa shape index (κ3) is 3.10. The summed E-state index contributed by atoms with van der Waals surface area (Å²) in [4.78, 5) is 6.87. The van der Waals surface area contributed by atoms with Crippen LogP contribution in [-0.4, -0.2) is 14.7 Å². The maximum atomic E-state index is 5.79. The van der Waals surface area contributed by atoms with Gasteiger partial charge in [0.2, 0.25) is 0 Å². The number of nitrogens with one attached hydrogen (secondary N) is 1. The van der Waals surface area contributed by atoms with Gasteiger partial charge in [-0.2, -0.15) is 0 Å². The van der Waals surface area contributed by atoms with Crippen LogP contribution in [0.15, 0.2) is 60.8 Å². The normalized spacial score (nSPS) is 19.3. The van der Waals surface area contributed by atoms with E-state index in [4.69, 9.17) is 12.2 Å². The van der Waals surface area contributed by atoms with E-state index in [1.807, 2.05) is 24.4 Å². The molecule has 1 aromatic carbocycles. The standard InChI is InChI=1S/C23H26N4S/c1-15(2)26-16(3)14-19(17(26)4)22-21(20-12-8-9-13-24-20)25-23(28)27(22)18-10-6-5-7-11-18/h5-15,21-22H,1-4H3,(H,25,28)/t21-,22+/m0/s1. The van der Waals surface area contributed by atoms with E-state index in [0.29, 0.717) is 6.04 Å². The second-order valence-corrected chi connectivity index (χ2v) is 8.01. The smallest absolute Gasteiger partial charge is 0.174 e. The maximum Gasteiger partial charge on any atom is 0.174 e. The van der Waals surface area contributed by atoms with Crippen molar-refractivity contribution in [3.63, 3.8) is 0 Å². The maximum absolute atomic E-state index is 5.79. The lowest BCUT2D eigenvalue weighted by Crippen LogP contribution is -2.29. The Morgan fingerprint density at radius 3 is 2.36 bits per heavy atom. The van der Waals surface area contributed by atoms with E-state index >= 15 is 0 Å². The van der Waals surface area contributed by atoms with Gasteiger partial charge in [-0.25, -0.2) is 0 Å². The highest BCUT2D eigenvalue weighted by atomic mass is 32.1. The average Bonchev–Trinajstić information content (AvgIpc) is 3.18. The van der Waals surface area contributed by atoms with Gasteiger partial charge < -0.3 is 14.8 Å². The van der Waals surface area contributed by atoms with Crippen LogP contribution in [0.1, 0.15) is 54.6 Å². The number of benzene rings is 1. The molecule has 0 unspecified atom stereocenters. The van der Waals surface area contributed by atoms with Gasteiger partial charge in [-0.15, -0.1) is 0 Å². The number of pyridine rings is 1. The first-order valence-corrected chi connectivity index (χ1v) is 10.1. The fraction of sp³-hybridized carbons (Fsp3) is 0.304. The van der Waals surface area contributed by atoms with Gasteiger partial charge in [0.05, 0.1) is 17.8 Å². The molecule has 3 heterocycles. The van der Waals surface area contributed by atoms with E-state index in [2.05, 4.69) is 83.9 Å². The Morgan fingerprint density at radius 2 is 1.75 bits per heavy atom. The molecule has 1 saturated heterocycles. The Morgan fingerprint density at radius 1 is 1.04 bits per heavy atom. The van der Waals surface area contributed by atoms with Crippen molar-refractivity contribution in [2.75, 3.05) is 4.90 Å². The number of aryl methyl sites for hydroxylation is 1. The monoisotopic (exact) mass is 390 g/mol. The number of thiocarbonyl (C=S) groups is 1. The summed E-state index contributed by atoms with van der Waals surface area (Å²) in [6.07, 6.45) is 1.85. The molecule has 0 aliphatic carbocycles. The molecule has 1 aliphatic heterocycles. The number of anilines is 1. The Kier molecular flexibility index (Phi) is 4.94. The summed E-state index contributed by atoms with van der Waals surface area (Å²) in [6, 6.07) is 19.2. The zero-order chi connectivity index (χ0) is 19.8. The number of para-hydroxylation sites is 1. The van der Waals surface area contributed by atoms with Crippen LogP contribution in [-0.2, 0) is 0 Å². The van der Waals surface area contributed by atoms with E-state index in [1.165, 1.54) is 17.0 Å². The molecule has 1 N–H and O–H groups in total. The number of aromatic nitrogens is 2. The fourth-order valence-electron chi connectivity index (χ4n) is 4.43. The van der Waals surface area contributed by atoms with Crippen LogP contribution in [0.5, 0.6) is 0 Å². The van der Waals surface area contributed by atoms with Crippen LogP contribution in [0.3, 0.4) is 0 Å². The third-order valence-corrected chi connectivity index (χ3v) is 5.81. The number of hydrogen-bond acceptors (Lipinski definition) is 2. The van der Waals surface area contributed by atoms with Crippen molar-refractivity contribution in [2.24, 2.45) is 0 Å². The molecule has 1 fully saturated rings. The lowest BCUT2D eigenvalue weighted by Gasteiger charge is -2.28. The molecule has 0 amide bonds. The first-order valence-electron chi connectivity index (χ1n) is 9.73. The van der Waals surface area contributed by atoms with Crippen LogP contribution < -0.4 is 10.2 Å². The van der Waals surface area contributed by atoms with Crippen LogP contribution in [0.2, 0.25) is 0 Å². The van der Waals surface area contributed by atoms with Crippen molar-refractivity contribution in [1.82, 2.24) is 14.9 Å². The molecular formula is C23H26N4S. The molecule has 4 rings (SSSR count). The topological polar surface area (TPSA) is 33.1 Å². The fourth-order valence-corrected chi connectivity index (χ4v) is 4.78. The van der Waals surface area contributed by atoms with Crippen molar-refractivity contribution in [3.05, 3.63) is 83.4 Å². The summed E-state index contributed by atoms with van der Waals surface area (Å²) in [7, 11) is 0. The Labute approximate surface area is 172 Å². The third-order valence-electron chi connectivity index (χ3n) is 5.49. The highest BCUT2D eigenvalue weighted by Crippen LogP contribution is 2.43. The van der Waals surface area contributed by atoms with Gasteiger partial charge in [0, 0.05) is 29.3 Å². The lowest BCUT2D eigenvalue weighted by atomic mass is 9.96. The molecule has 1 aliphatic rings. The molecular weight excluding hydrogens is 364 g/mol. The van der Waals surface area contributed by atoms with Gasteiger partial charge >= 0.3 is 0 Å². The molecule has 0 radical (unpaired) electrons. The van der Waals surface area contributed by atoms with E-state index < -0.39 is 0 Å². The Bertz CT molecular complexity index is 979. The largest absolute Gasteiger partial charge is 0.351 e.